The Labute approximate surface area is 135 Å². The highest BCUT2D eigenvalue weighted by atomic mass is 16.4. The summed E-state index contributed by atoms with van der Waals surface area (Å²) in [6, 6.07) is 11.1. The predicted octanol–water partition coefficient (Wildman–Crippen LogP) is 3.84. The lowest BCUT2D eigenvalue weighted by Crippen LogP contribution is -2.44. The van der Waals surface area contributed by atoms with Crippen molar-refractivity contribution in [2.24, 2.45) is 0 Å². The molecular weight excluding hydrogens is 292 g/mol. The number of carbonyl (C=O) groups is 2. The Balaban J connectivity index is 2.28. The Morgan fingerprint density at radius 1 is 1.26 bits per heavy atom. The van der Waals surface area contributed by atoms with Crippen molar-refractivity contribution in [1.82, 2.24) is 9.88 Å². The normalized spacial score (nSPS) is 11.1. The van der Waals surface area contributed by atoms with Crippen LogP contribution in [0.4, 0.5) is 4.79 Å². The predicted molar refractivity (Wildman–Crippen MR) is 88.4 cm³/mol. The molecule has 0 aliphatic rings. The van der Waals surface area contributed by atoms with Crippen LogP contribution in [0.3, 0.4) is 0 Å². The van der Waals surface area contributed by atoms with Crippen molar-refractivity contribution in [2.75, 3.05) is 0 Å². The Bertz CT molecular complexity index is 703. The van der Waals surface area contributed by atoms with Gasteiger partial charge in [0.2, 0.25) is 0 Å². The lowest BCUT2D eigenvalue weighted by atomic mass is 10.0. The monoisotopic (exact) mass is 312 g/mol. The first-order valence-electron chi connectivity index (χ1n) is 7.32. The van der Waals surface area contributed by atoms with Gasteiger partial charge >= 0.3 is 6.09 Å². The molecule has 0 aliphatic carbocycles. The van der Waals surface area contributed by atoms with Crippen LogP contribution in [-0.4, -0.2) is 32.9 Å². The quantitative estimate of drug-likeness (QED) is 0.871. The van der Waals surface area contributed by atoms with Crippen molar-refractivity contribution in [2.45, 2.75) is 32.9 Å². The summed E-state index contributed by atoms with van der Waals surface area (Å²) >= 11 is 0. The van der Waals surface area contributed by atoms with Gasteiger partial charge in [-0.3, -0.25) is 14.7 Å². The number of rotatable bonds is 4. The molecule has 23 heavy (non-hydrogen) atoms. The molecule has 1 aromatic carbocycles. The Hall–Kier alpha value is -2.69. The van der Waals surface area contributed by atoms with Crippen LogP contribution in [0.2, 0.25) is 0 Å². The number of pyridine rings is 1. The fraction of sp³-hybridized carbons (Fsp3) is 0.278. The van der Waals surface area contributed by atoms with Crippen molar-refractivity contribution in [3.8, 4) is 11.3 Å². The molecule has 1 amide bonds. The molecule has 0 aliphatic heterocycles. The average Bonchev–Trinajstić information content (AvgIpc) is 2.51. The first kappa shape index (κ1) is 16.7. The average molecular weight is 312 g/mol. The number of hydrogen-bond donors (Lipinski definition) is 1. The van der Waals surface area contributed by atoms with Crippen molar-refractivity contribution >= 4 is 12.4 Å². The van der Waals surface area contributed by atoms with Gasteiger partial charge in [-0.15, -0.1) is 0 Å². The van der Waals surface area contributed by atoms with Crippen LogP contribution in [0, 0.1) is 0 Å². The van der Waals surface area contributed by atoms with Crippen molar-refractivity contribution < 1.29 is 14.7 Å². The second-order valence-corrected chi connectivity index (χ2v) is 6.33. The van der Waals surface area contributed by atoms with Gasteiger partial charge in [0, 0.05) is 29.4 Å². The third-order valence-electron chi connectivity index (χ3n) is 3.53. The number of aldehydes is 1. The van der Waals surface area contributed by atoms with Gasteiger partial charge in [-0.25, -0.2) is 4.79 Å². The minimum absolute atomic E-state index is 0.305. The smallest absolute Gasteiger partial charge is 0.408 e. The standard InChI is InChI=1S/C18H20N2O3/c1-18(2,3)20(17(22)23)11-13-5-4-6-15(9-13)16-8-7-14(12-21)10-19-16/h4-10,12H,11H2,1-3H3,(H,22,23). The molecule has 0 radical (unpaired) electrons. The number of carboxylic acid groups (broad SMARTS) is 1. The summed E-state index contributed by atoms with van der Waals surface area (Å²) in [5, 5.41) is 9.39. The van der Waals surface area contributed by atoms with Gasteiger partial charge in [-0.05, 0) is 44.5 Å². The summed E-state index contributed by atoms with van der Waals surface area (Å²) in [4.78, 5) is 27.8. The maximum absolute atomic E-state index is 11.5. The molecule has 2 rings (SSSR count). The molecule has 0 bridgehead atoms. The highest BCUT2D eigenvalue weighted by molar-refractivity contribution is 5.75. The molecule has 0 fully saturated rings. The van der Waals surface area contributed by atoms with Crippen molar-refractivity contribution in [1.29, 1.82) is 0 Å². The largest absolute Gasteiger partial charge is 0.465 e. The zero-order valence-corrected chi connectivity index (χ0v) is 13.5. The molecule has 1 heterocycles. The Morgan fingerprint density at radius 2 is 2.00 bits per heavy atom. The van der Waals surface area contributed by atoms with Gasteiger partial charge in [-0.2, -0.15) is 0 Å². The van der Waals surface area contributed by atoms with Crippen LogP contribution in [0.25, 0.3) is 11.3 Å². The van der Waals surface area contributed by atoms with Gasteiger partial charge in [0.1, 0.15) is 0 Å². The lowest BCUT2D eigenvalue weighted by molar-refractivity contribution is 0.0955. The number of benzene rings is 1. The number of nitrogens with zero attached hydrogens (tertiary/aromatic N) is 2. The summed E-state index contributed by atoms with van der Waals surface area (Å²) in [5.41, 5.74) is 2.57. The van der Waals surface area contributed by atoms with Crippen LogP contribution in [0.5, 0.6) is 0 Å². The molecule has 0 atom stereocenters. The molecular formula is C18H20N2O3. The zero-order chi connectivity index (χ0) is 17.0. The van der Waals surface area contributed by atoms with Crippen LogP contribution in [0.15, 0.2) is 42.6 Å². The minimum Gasteiger partial charge on any atom is -0.465 e. The van der Waals surface area contributed by atoms with E-state index in [4.69, 9.17) is 0 Å². The van der Waals surface area contributed by atoms with E-state index in [0.717, 1.165) is 23.1 Å². The molecule has 0 spiro atoms. The van der Waals surface area contributed by atoms with Crippen LogP contribution < -0.4 is 0 Å². The molecule has 0 saturated heterocycles. The highest BCUT2D eigenvalue weighted by Gasteiger charge is 2.26. The van der Waals surface area contributed by atoms with E-state index in [0.29, 0.717) is 12.1 Å². The van der Waals surface area contributed by atoms with Gasteiger partial charge in [0.05, 0.1) is 5.69 Å². The number of amides is 1. The molecule has 5 nitrogen and oxygen atoms in total. The van der Waals surface area contributed by atoms with Gasteiger partial charge < -0.3 is 5.11 Å². The summed E-state index contributed by atoms with van der Waals surface area (Å²) in [6.45, 7) is 5.90. The molecule has 1 aromatic heterocycles. The maximum atomic E-state index is 11.5. The molecule has 0 saturated carbocycles. The summed E-state index contributed by atoms with van der Waals surface area (Å²) in [7, 11) is 0. The molecule has 1 N–H and O–H groups in total. The van der Waals surface area contributed by atoms with E-state index in [1.165, 1.54) is 11.1 Å². The fourth-order valence-corrected chi connectivity index (χ4v) is 2.25. The van der Waals surface area contributed by atoms with E-state index in [9.17, 15) is 14.7 Å². The lowest BCUT2D eigenvalue weighted by Gasteiger charge is -2.33. The first-order valence-corrected chi connectivity index (χ1v) is 7.32. The van der Waals surface area contributed by atoms with E-state index in [1.807, 2.05) is 45.0 Å². The topological polar surface area (TPSA) is 70.5 Å². The van der Waals surface area contributed by atoms with E-state index in [-0.39, 0.29) is 0 Å². The zero-order valence-electron chi connectivity index (χ0n) is 13.5. The van der Waals surface area contributed by atoms with Crippen LogP contribution >= 0.6 is 0 Å². The van der Waals surface area contributed by atoms with Crippen molar-refractivity contribution in [3.05, 3.63) is 53.7 Å². The van der Waals surface area contributed by atoms with Gasteiger partial charge in [-0.1, -0.05) is 18.2 Å². The summed E-state index contributed by atoms with van der Waals surface area (Å²) in [5.74, 6) is 0. The third kappa shape index (κ3) is 4.16. The second-order valence-electron chi connectivity index (χ2n) is 6.33. The number of carbonyl (C=O) groups excluding carboxylic acids is 1. The molecule has 5 heteroatoms. The third-order valence-corrected chi connectivity index (χ3v) is 3.53. The fourth-order valence-electron chi connectivity index (χ4n) is 2.25. The van der Waals surface area contributed by atoms with E-state index in [1.54, 1.807) is 12.1 Å². The maximum Gasteiger partial charge on any atom is 0.408 e. The molecule has 0 unspecified atom stereocenters. The highest BCUT2D eigenvalue weighted by Crippen LogP contribution is 2.22. The van der Waals surface area contributed by atoms with E-state index in [2.05, 4.69) is 4.98 Å². The second kappa shape index (κ2) is 6.60. The van der Waals surface area contributed by atoms with Crippen LogP contribution in [0.1, 0.15) is 36.7 Å². The minimum atomic E-state index is -0.948. The number of hydrogen-bond acceptors (Lipinski definition) is 3. The van der Waals surface area contributed by atoms with Gasteiger partial charge in [0.15, 0.2) is 6.29 Å². The molecule has 2 aromatic rings. The van der Waals surface area contributed by atoms with Crippen LogP contribution in [-0.2, 0) is 6.54 Å². The molecule has 120 valence electrons. The van der Waals surface area contributed by atoms with Gasteiger partial charge in [0.25, 0.3) is 0 Å². The first-order chi connectivity index (χ1) is 10.8. The summed E-state index contributed by atoms with van der Waals surface area (Å²) < 4.78 is 0. The van der Waals surface area contributed by atoms with Crippen molar-refractivity contribution in [3.63, 3.8) is 0 Å². The SMILES string of the molecule is CC(C)(C)N(Cc1cccc(-c2ccc(C=O)cn2)c1)C(=O)O. The summed E-state index contributed by atoms with van der Waals surface area (Å²) in [6.07, 6.45) is 1.32. The Kier molecular flexibility index (Phi) is 4.79. The Morgan fingerprint density at radius 3 is 2.52 bits per heavy atom. The number of aromatic nitrogens is 1. The van der Waals surface area contributed by atoms with E-state index >= 15 is 0 Å². The van der Waals surface area contributed by atoms with E-state index < -0.39 is 11.6 Å².